The van der Waals surface area contributed by atoms with Crippen LogP contribution >= 0.6 is 0 Å². The molecule has 3 N–H and O–H groups in total. The molecule has 1 aromatic carbocycles. The fourth-order valence-electron chi connectivity index (χ4n) is 1.83. The number of aryl methyl sites for hydroxylation is 1. The Morgan fingerprint density at radius 1 is 1.35 bits per heavy atom. The summed E-state index contributed by atoms with van der Waals surface area (Å²) >= 11 is 0. The summed E-state index contributed by atoms with van der Waals surface area (Å²) in [5.41, 5.74) is 7.68. The van der Waals surface area contributed by atoms with E-state index in [1.54, 1.807) is 13.0 Å². The molecular formula is C12H19NO3S. The lowest BCUT2D eigenvalue weighted by atomic mass is 10.00. The maximum Gasteiger partial charge on any atom is 0.157 e. The first-order valence-electron chi connectivity index (χ1n) is 5.57. The quantitative estimate of drug-likeness (QED) is 0.817. The van der Waals surface area contributed by atoms with Gasteiger partial charge in [0.25, 0.3) is 0 Å². The number of hydrogen-bond acceptors (Lipinski definition) is 4. The fraction of sp³-hybridized carbons (Fsp3) is 0.500. The third kappa shape index (κ3) is 3.06. The second-order valence-electron chi connectivity index (χ2n) is 4.05. The molecule has 0 aliphatic rings. The highest BCUT2D eigenvalue weighted by Crippen LogP contribution is 2.23. The smallest absolute Gasteiger partial charge is 0.157 e. The average molecular weight is 257 g/mol. The molecule has 4 nitrogen and oxygen atoms in total. The highest BCUT2D eigenvalue weighted by Gasteiger charge is 2.30. The van der Waals surface area contributed by atoms with E-state index in [0.29, 0.717) is 0 Å². The minimum atomic E-state index is -3.35. The molecule has 2 atom stereocenters. The molecule has 0 bridgehead atoms. The first-order valence-corrected chi connectivity index (χ1v) is 7.29. The highest BCUT2D eigenvalue weighted by molar-refractivity contribution is 7.92. The number of benzene rings is 1. The summed E-state index contributed by atoms with van der Waals surface area (Å²) < 4.78 is 23.6. The Morgan fingerprint density at radius 3 is 2.41 bits per heavy atom. The largest absolute Gasteiger partial charge is 0.395 e. The van der Waals surface area contributed by atoms with E-state index in [4.69, 9.17) is 5.73 Å². The summed E-state index contributed by atoms with van der Waals surface area (Å²) in [5.74, 6) is -0.0161. The van der Waals surface area contributed by atoms with Gasteiger partial charge in [0, 0.05) is 11.8 Å². The summed E-state index contributed by atoms with van der Waals surface area (Å²) in [6.45, 7) is 2.98. The molecule has 0 saturated heterocycles. The first kappa shape index (κ1) is 14.2. The Bertz CT molecular complexity index is 470. The molecule has 96 valence electrons. The van der Waals surface area contributed by atoms with Crippen LogP contribution in [0.3, 0.4) is 0 Å². The van der Waals surface area contributed by atoms with E-state index in [1.165, 1.54) is 0 Å². The highest BCUT2D eigenvalue weighted by atomic mass is 32.2. The lowest BCUT2D eigenvalue weighted by Crippen LogP contribution is -2.37. The van der Waals surface area contributed by atoms with Gasteiger partial charge in [-0.3, -0.25) is 0 Å². The maximum absolute atomic E-state index is 11.8. The zero-order valence-corrected chi connectivity index (χ0v) is 10.9. The van der Waals surface area contributed by atoms with Gasteiger partial charge in [0.1, 0.15) is 5.25 Å². The number of sulfone groups is 1. The van der Waals surface area contributed by atoms with E-state index in [1.807, 2.05) is 25.1 Å². The molecule has 0 spiro atoms. The summed E-state index contributed by atoms with van der Waals surface area (Å²) in [4.78, 5) is 0. The predicted molar refractivity (Wildman–Crippen MR) is 68.4 cm³/mol. The number of hydrogen-bond donors (Lipinski definition) is 2. The Kier molecular flexibility index (Phi) is 4.68. The molecule has 1 aromatic rings. The van der Waals surface area contributed by atoms with Crippen LogP contribution < -0.4 is 5.73 Å². The average Bonchev–Trinajstić information content (AvgIpc) is 2.30. The van der Waals surface area contributed by atoms with Crippen LogP contribution in [0.15, 0.2) is 24.3 Å². The number of nitrogens with two attached hydrogens (primary N) is 1. The van der Waals surface area contributed by atoms with Crippen LogP contribution in [0.5, 0.6) is 0 Å². The lowest BCUT2D eigenvalue weighted by Gasteiger charge is -2.23. The Balaban J connectivity index is 3.11. The van der Waals surface area contributed by atoms with Crippen molar-refractivity contribution < 1.29 is 13.5 Å². The van der Waals surface area contributed by atoms with Crippen LogP contribution in [0.25, 0.3) is 0 Å². The lowest BCUT2D eigenvalue weighted by molar-refractivity contribution is 0.277. The van der Waals surface area contributed by atoms with Gasteiger partial charge in [0.15, 0.2) is 9.84 Å². The Hall–Kier alpha value is -0.910. The monoisotopic (exact) mass is 257 g/mol. The zero-order valence-electron chi connectivity index (χ0n) is 10.1. The Labute approximate surface area is 102 Å². The van der Waals surface area contributed by atoms with Crippen molar-refractivity contribution in [1.82, 2.24) is 0 Å². The van der Waals surface area contributed by atoms with E-state index in [-0.39, 0.29) is 5.75 Å². The predicted octanol–water partition coefficient (Wildman–Crippen LogP) is 0.790. The molecular weight excluding hydrogens is 238 g/mol. The van der Waals surface area contributed by atoms with Crippen molar-refractivity contribution in [2.45, 2.75) is 25.1 Å². The molecule has 0 fully saturated rings. The van der Waals surface area contributed by atoms with Crippen LogP contribution in [0.4, 0.5) is 0 Å². The summed E-state index contributed by atoms with van der Waals surface area (Å²) in [5, 5.41) is 8.32. The minimum Gasteiger partial charge on any atom is -0.395 e. The third-order valence-electron chi connectivity index (χ3n) is 2.99. The summed E-state index contributed by atoms with van der Waals surface area (Å²) in [6, 6.07) is 6.67. The van der Waals surface area contributed by atoms with Gasteiger partial charge >= 0.3 is 0 Å². The van der Waals surface area contributed by atoms with E-state index in [9.17, 15) is 13.5 Å². The van der Waals surface area contributed by atoms with Crippen molar-refractivity contribution >= 4 is 9.84 Å². The van der Waals surface area contributed by atoms with Crippen molar-refractivity contribution in [2.75, 3.05) is 12.4 Å². The second-order valence-corrected chi connectivity index (χ2v) is 6.56. The fourth-order valence-corrected chi connectivity index (χ4v) is 3.07. The van der Waals surface area contributed by atoms with Crippen LogP contribution in [0.1, 0.15) is 24.1 Å². The molecule has 0 aromatic heterocycles. The van der Waals surface area contributed by atoms with Gasteiger partial charge in [-0.15, -0.1) is 0 Å². The Morgan fingerprint density at radius 2 is 1.94 bits per heavy atom. The molecule has 0 amide bonds. The second kappa shape index (κ2) is 5.62. The third-order valence-corrected chi connectivity index (χ3v) is 5.16. The number of rotatable bonds is 5. The van der Waals surface area contributed by atoms with Crippen LogP contribution in [0.2, 0.25) is 0 Å². The molecule has 0 aliphatic carbocycles. The van der Waals surface area contributed by atoms with E-state index in [0.717, 1.165) is 11.1 Å². The van der Waals surface area contributed by atoms with E-state index < -0.39 is 27.7 Å². The molecule has 5 heteroatoms. The normalized spacial score (nSPS) is 15.5. The van der Waals surface area contributed by atoms with Gasteiger partial charge in [-0.2, -0.15) is 0 Å². The van der Waals surface area contributed by atoms with Crippen molar-refractivity contribution in [3.8, 4) is 0 Å². The molecule has 0 unspecified atom stereocenters. The van der Waals surface area contributed by atoms with Gasteiger partial charge in [-0.25, -0.2) is 8.42 Å². The summed E-state index contributed by atoms with van der Waals surface area (Å²) in [6.07, 6.45) is 0. The van der Waals surface area contributed by atoms with Gasteiger partial charge in [-0.05, 0) is 18.1 Å². The van der Waals surface area contributed by atoms with Crippen molar-refractivity contribution in [2.24, 2.45) is 5.73 Å². The van der Waals surface area contributed by atoms with Gasteiger partial charge in [0.05, 0.1) is 6.61 Å². The molecule has 0 radical (unpaired) electrons. The molecule has 0 aliphatic heterocycles. The van der Waals surface area contributed by atoms with Crippen molar-refractivity contribution in [1.29, 1.82) is 0 Å². The van der Waals surface area contributed by atoms with E-state index in [2.05, 4.69) is 0 Å². The molecule has 0 saturated carbocycles. The molecule has 0 heterocycles. The van der Waals surface area contributed by atoms with Crippen LogP contribution in [0, 0.1) is 6.92 Å². The van der Waals surface area contributed by atoms with Gasteiger partial charge in [-0.1, -0.05) is 31.2 Å². The van der Waals surface area contributed by atoms with Crippen LogP contribution in [-0.4, -0.2) is 31.1 Å². The SMILES string of the molecule is CCS(=O)(=O)[C@H](CO)[C@@H](N)c1ccccc1C. The standard InChI is InChI=1S/C12H19NO3S/c1-3-17(15,16)11(8-14)12(13)10-7-5-4-6-9(10)2/h4-7,11-12,14H,3,8,13H2,1-2H3/t11-,12+/m1/s1. The van der Waals surface area contributed by atoms with E-state index >= 15 is 0 Å². The molecule has 1 rings (SSSR count). The minimum absolute atomic E-state index is 0.0161. The van der Waals surface area contributed by atoms with Gasteiger partial charge < -0.3 is 10.8 Å². The van der Waals surface area contributed by atoms with Gasteiger partial charge in [0.2, 0.25) is 0 Å². The zero-order chi connectivity index (χ0) is 13.1. The molecule has 17 heavy (non-hydrogen) atoms. The summed E-state index contributed by atoms with van der Waals surface area (Å²) in [7, 11) is -3.35. The number of aliphatic hydroxyl groups is 1. The number of aliphatic hydroxyl groups excluding tert-OH is 1. The maximum atomic E-state index is 11.8. The van der Waals surface area contributed by atoms with Crippen molar-refractivity contribution in [3.63, 3.8) is 0 Å². The van der Waals surface area contributed by atoms with Crippen LogP contribution in [-0.2, 0) is 9.84 Å². The van der Waals surface area contributed by atoms with Crippen molar-refractivity contribution in [3.05, 3.63) is 35.4 Å². The topological polar surface area (TPSA) is 80.4 Å². The first-order chi connectivity index (χ1) is 7.94.